The maximum atomic E-state index is 6.12. The fourth-order valence-electron chi connectivity index (χ4n) is 4.06. The first-order valence-electron chi connectivity index (χ1n) is 8.16. The molecule has 2 rings (SSSR count). The zero-order valence-corrected chi connectivity index (χ0v) is 12.5. The maximum Gasteiger partial charge on any atom is 0.0306 e. The van der Waals surface area contributed by atoms with Gasteiger partial charge in [-0.25, -0.2) is 0 Å². The molecule has 0 aromatic heterocycles. The Morgan fingerprint density at radius 3 is 2.50 bits per heavy atom. The van der Waals surface area contributed by atoms with Crippen molar-refractivity contribution >= 4 is 0 Å². The second-order valence-corrected chi connectivity index (χ2v) is 6.85. The first kappa shape index (κ1) is 14.3. The lowest BCUT2D eigenvalue weighted by Crippen LogP contribution is -2.54. The molecule has 0 amide bonds. The van der Waals surface area contributed by atoms with Gasteiger partial charge >= 0.3 is 0 Å². The highest BCUT2D eigenvalue weighted by molar-refractivity contribution is 5.00. The number of hydrogen-bond donors (Lipinski definition) is 1. The molecule has 0 radical (unpaired) electrons. The normalized spacial score (nSPS) is 30.8. The summed E-state index contributed by atoms with van der Waals surface area (Å²) in [4.78, 5) is 2.76. The van der Waals surface area contributed by atoms with E-state index in [0.717, 1.165) is 18.5 Å². The fraction of sp³-hybridized carbons (Fsp3) is 1.00. The molecular formula is C16H32N2. The summed E-state index contributed by atoms with van der Waals surface area (Å²) in [6.45, 7) is 6.86. The molecule has 2 heteroatoms. The van der Waals surface area contributed by atoms with E-state index >= 15 is 0 Å². The Balaban J connectivity index is 1.78. The van der Waals surface area contributed by atoms with Gasteiger partial charge in [-0.05, 0) is 38.5 Å². The third-order valence-electron chi connectivity index (χ3n) is 5.36. The predicted octanol–water partition coefficient (Wildman–Crippen LogP) is 3.55. The van der Waals surface area contributed by atoms with Crippen molar-refractivity contribution in [3.8, 4) is 0 Å². The summed E-state index contributed by atoms with van der Waals surface area (Å²) in [6, 6.07) is 0.860. The Labute approximate surface area is 113 Å². The molecule has 0 aromatic rings. The maximum absolute atomic E-state index is 6.12. The largest absolute Gasteiger partial charge is 0.329 e. The van der Waals surface area contributed by atoms with Gasteiger partial charge in [-0.15, -0.1) is 0 Å². The predicted molar refractivity (Wildman–Crippen MR) is 78.7 cm³/mol. The number of nitrogens with two attached hydrogens (primary N) is 1. The highest BCUT2D eigenvalue weighted by atomic mass is 15.3. The lowest BCUT2D eigenvalue weighted by Gasteiger charge is -2.43. The molecule has 2 aliphatic rings. The van der Waals surface area contributed by atoms with Gasteiger partial charge in [0, 0.05) is 24.7 Å². The van der Waals surface area contributed by atoms with E-state index in [1.54, 1.807) is 0 Å². The molecule has 1 heterocycles. The van der Waals surface area contributed by atoms with Crippen LogP contribution in [-0.2, 0) is 0 Å². The van der Waals surface area contributed by atoms with Crippen LogP contribution in [-0.4, -0.2) is 29.6 Å². The van der Waals surface area contributed by atoms with Crippen LogP contribution < -0.4 is 5.73 Å². The minimum Gasteiger partial charge on any atom is -0.329 e. The lowest BCUT2D eigenvalue weighted by molar-refractivity contribution is 0.0652. The van der Waals surface area contributed by atoms with Gasteiger partial charge in [0.1, 0.15) is 0 Å². The summed E-state index contributed by atoms with van der Waals surface area (Å²) in [7, 11) is 0. The van der Waals surface area contributed by atoms with Gasteiger partial charge < -0.3 is 5.73 Å². The van der Waals surface area contributed by atoms with Gasteiger partial charge in [-0.3, -0.25) is 4.90 Å². The van der Waals surface area contributed by atoms with Crippen LogP contribution in [0.4, 0.5) is 0 Å². The fourth-order valence-corrected chi connectivity index (χ4v) is 4.06. The quantitative estimate of drug-likeness (QED) is 0.669. The number of unbranched alkanes of at least 4 members (excludes halogenated alkanes) is 4. The van der Waals surface area contributed by atoms with Crippen LogP contribution in [0.5, 0.6) is 0 Å². The summed E-state index contributed by atoms with van der Waals surface area (Å²) >= 11 is 0. The van der Waals surface area contributed by atoms with Crippen LogP contribution in [0, 0.1) is 5.92 Å². The number of likely N-dealkylation sites (tertiary alicyclic amines) is 1. The van der Waals surface area contributed by atoms with E-state index in [0.29, 0.717) is 0 Å². The Kier molecular flexibility index (Phi) is 5.08. The molecule has 1 saturated heterocycles. The topological polar surface area (TPSA) is 29.3 Å². The summed E-state index contributed by atoms with van der Waals surface area (Å²) in [5, 5.41) is 0. The Bertz CT molecular complexity index is 253. The van der Waals surface area contributed by atoms with Crippen LogP contribution in [0.2, 0.25) is 0 Å². The third-order valence-corrected chi connectivity index (χ3v) is 5.36. The van der Waals surface area contributed by atoms with Crippen molar-refractivity contribution in [2.24, 2.45) is 11.7 Å². The minimum atomic E-state index is 0.284. The summed E-state index contributed by atoms with van der Waals surface area (Å²) in [6.07, 6.45) is 12.5. The first-order chi connectivity index (χ1) is 8.69. The summed E-state index contributed by atoms with van der Waals surface area (Å²) in [5.74, 6) is 0.987. The average Bonchev–Trinajstić information content (AvgIpc) is 3.00. The van der Waals surface area contributed by atoms with Crippen molar-refractivity contribution in [1.29, 1.82) is 0 Å². The van der Waals surface area contributed by atoms with Crippen LogP contribution in [0.15, 0.2) is 0 Å². The average molecular weight is 252 g/mol. The number of hydrogen-bond acceptors (Lipinski definition) is 2. The molecule has 2 bridgehead atoms. The second-order valence-electron chi connectivity index (χ2n) is 6.85. The molecule has 3 atom stereocenters. The number of piperidine rings is 1. The van der Waals surface area contributed by atoms with E-state index < -0.39 is 0 Å². The van der Waals surface area contributed by atoms with Crippen LogP contribution >= 0.6 is 0 Å². The number of fused-ring (bicyclic) bond motifs is 2. The van der Waals surface area contributed by atoms with Crippen molar-refractivity contribution in [2.75, 3.05) is 13.1 Å². The van der Waals surface area contributed by atoms with E-state index in [9.17, 15) is 0 Å². The van der Waals surface area contributed by atoms with Crippen molar-refractivity contribution in [2.45, 2.75) is 83.2 Å². The van der Waals surface area contributed by atoms with E-state index in [-0.39, 0.29) is 5.54 Å². The molecule has 106 valence electrons. The second kappa shape index (κ2) is 6.38. The van der Waals surface area contributed by atoms with Gasteiger partial charge in [0.25, 0.3) is 0 Å². The van der Waals surface area contributed by atoms with Crippen LogP contribution in [0.1, 0.15) is 71.6 Å². The highest BCUT2D eigenvalue weighted by Crippen LogP contribution is 2.42. The van der Waals surface area contributed by atoms with Gasteiger partial charge in [-0.1, -0.05) is 39.0 Å². The van der Waals surface area contributed by atoms with E-state index in [2.05, 4.69) is 18.7 Å². The molecule has 3 unspecified atom stereocenters. The molecule has 1 aliphatic heterocycles. The number of rotatable bonds is 8. The highest BCUT2D eigenvalue weighted by Gasteiger charge is 2.45. The van der Waals surface area contributed by atoms with E-state index in [1.165, 1.54) is 64.3 Å². The van der Waals surface area contributed by atoms with Crippen molar-refractivity contribution in [3.63, 3.8) is 0 Å². The zero-order chi connectivity index (χ0) is 13.0. The first-order valence-corrected chi connectivity index (χ1v) is 8.16. The van der Waals surface area contributed by atoms with Crippen molar-refractivity contribution < 1.29 is 0 Å². The summed E-state index contributed by atoms with van der Waals surface area (Å²) < 4.78 is 0. The molecule has 18 heavy (non-hydrogen) atoms. The van der Waals surface area contributed by atoms with Gasteiger partial charge in [0.15, 0.2) is 0 Å². The van der Waals surface area contributed by atoms with E-state index in [1.807, 2.05) is 0 Å². The minimum absolute atomic E-state index is 0.284. The van der Waals surface area contributed by atoms with Crippen molar-refractivity contribution in [3.05, 3.63) is 0 Å². The molecular weight excluding hydrogens is 220 g/mol. The summed E-state index contributed by atoms with van der Waals surface area (Å²) in [5.41, 5.74) is 6.40. The molecule has 2 N–H and O–H groups in total. The zero-order valence-electron chi connectivity index (χ0n) is 12.5. The van der Waals surface area contributed by atoms with Gasteiger partial charge in [0.05, 0.1) is 0 Å². The molecule has 0 aromatic carbocycles. The van der Waals surface area contributed by atoms with Crippen LogP contribution in [0.25, 0.3) is 0 Å². The monoisotopic (exact) mass is 252 g/mol. The lowest BCUT2D eigenvalue weighted by atomic mass is 9.90. The molecule has 2 fully saturated rings. The molecule has 2 nitrogen and oxygen atoms in total. The number of nitrogens with zero attached hydrogens (tertiary/aromatic N) is 1. The molecule has 1 saturated carbocycles. The third kappa shape index (κ3) is 3.08. The Hall–Kier alpha value is -0.0800. The molecule has 0 spiro atoms. The Morgan fingerprint density at radius 1 is 1.17 bits per heavy atom. The smallest absolute Gasteiger partial charge is 0.0306 e. The van der Waals surface area contributed by atoms with Crippen molar-refractivity contribution in [1.82, 2.24) is 4.90 Å². The standard InChI is InChI=1S/C16H32N2/c1-3-4-5-6-7-10-16(2,13-17)18-12-14-8-9-15(18)11-14/h14-15H,3-13,17H2,1-2H3. The Morgan fingerprint density at radius 2 is 1.94 bits per heavy atom. The van der Waals surface area contributed by atoms with Crippen LogP contribution in [0.3, 0.4) is 0 Å². The van der Waals surface area contributed by atoms with E-state index in [4.69, 9.17) is 5.73 Å². The molecule has 1 aliphatic carbocycles. The van der Waals surface area contributed by atoms with Gasteiger partial charge in [-0.2, -0.15) is 0 Å². The SMILES string of the molecule is CCCCCCCC(C)(CN)N1CC2CCC1C2. The van der Waals surface area contributed by atoms with Gasteiger partial charge in [0.2, 0.25) is 0 Å².